The van der Waals surface area contributed by atoms with Gasteiger partial charge in [-0.25, -0.2) is 13.4 Å². The number of carbonyl (C=O) groups excluding carboxylic acids is 1. The van der Waals surface area contributed by atoms with Gasteiger partial charge in [-0.3, -0.25) is 10.1 Å². The summed E-state index contributed by atoms with van der Waals surface area (Å²) in [5.41, 5.74) is 5.12. The van der Waals surface area contributed by atoms with Crippen molar-refractivity contribution in [2.75, 3.05) is 11.6 Å². The molecule has 4 rings (SSSR count). The molecular formula is C21H20N2O3S2. The summed E-state index contributed by atoms with van der Waals surface area (Å²) >= 11 is 1.37. The topological polar surface area (TPSA) is 76.1 Å². The molecule has 1 amide bonds. The predicted octanol–water partition coefficient (Wildman–Crippen LogP) is 4.34. The number of nitrogens with zero attached hydrogens (tertiary/aromatic N) is 1. The lowest BCUT2D eigenvalue weighted by molar-refractivity contribution is 0.102. The highest BCUT2D eigenvalue weighted by Crippen LogP contribution is 2.29. The second-order valence-corrected chi connectivity index (χ2v) is 9.85. The first-order chi connectivity index (χ1) is 13.4. The van der Waals surface area contributed by atoms with E-state index in [-0.39, 0.29) is 10.8 Å². The van der Waals surface area contributed by atoms with Gasteiger partial charge in [-0.15, -0.1) is 11.3 Å². The number of rotatable bonds is 4. The van der Waals surface area contributed by atoms with E-state index >= 15 is 0 Å². The number of sulfone groups is 1. The summed E-state index contributed by atoms with van der Waals surface area (Å²) in [5.74, 6) is -0.314. The van der Waals surface area contributed by atoms with Crippen molar-refractivity contribution >= 4 is 32.2 Å². The molecule has 0 radical (unpaired) electrons. The Morgan fingerprint density at radius 2 is 1.75 bits per heavy atom. The lowest BCUT2D eigenvalue weighted by Crippen LogP contribution is -2.12. The molecule has 3 aromatic rings. The Hall–Kier alpha value is -2.51. The molecule has 7 heteroatoms. The third-order valence-electron chi connectivity index (χ3n) is 4.91. The highest BCUT2D eigenvalue weighted by molar-refractivity contribution is 7.90. The van der Waals surface area contributed by atoms with Crippen molar-refractivity contribution < 1.29 is 13.2 Å². The molecule has 1 aromatic heterocycles. The Morgan fingerprint density at radius 3 is 2.46 bits per heavy atom. The molecule has 2 aromatic carbocycles. The zero-order valence-corrected chi connectivity index (χ0v) is 17.1. The van der Waals surface area contributed by atoms with Gasteiger partial charge in [0.05, 0.1) is 10.6 Å². The number of aryl methyl sites for hydroxylation is 2. The van der Waals surface area contributed by atoms with Crippen LogP contribution in [0.2, 0.25) is 0 Å². The predicted molar refractivity (Wildman–Crippen MR) is 112 cm³/mol. The van der Waals surface area contributed by atoms with Crippen LogP contribution in [-0.4, -0.2) is 25.6 Å². The minimum absolute atomic E-state index is 0.188. The molecule has 0 spiro atoms. The summed E-state index contributed by atoms with van der Waals surface area (Å²) < 4.78 is 23.0. The maximum atomic E-state index is 12.4. The van der Waals surface area contributed by atoms with Crippen molar-refractivity contribution in [2.45, 2.75) is 30.6 Å². The van der Waals surface area contributed by atoms with Crippen LogP contribution < -0.4 is 5.32 Å². The zero-order chi connectivity index (χ0) is 19.7. The molecule has 144 valence electrons. The van der Waals surface area contributed by atoms with Gasteiger partial charge in [0.15, 0.2) is 15.0 Å². The molecular weight excluding hydrogens is 392 g/mol. The van der Waals surface area contributed by atoms with E-state index in [0.29, 0.717) is 10.7 Å². The van der Waals surface area contributed by atoms with Crippen molar-refractivity contribution in [3.05, 3.63) is 64.5 Å². The van der Waals surface area contributed by atoms with E-state index in [1.807, 2.05) is 5.38 Å². The fourth-order valence-corrected chi connectivity index (χ4v) is 4.72. The maximum absolute atomic E-state index is 12.4. The van der Waals surface area contributed by atoms with Gasteiger partial charge in [0.2, 0.25) is 0 Å². The van der Waals surface area contributed by atoms with Crippen LogP contribution in [0.25, 0.3) is 11.3 Å². The molecule has 0 saturated heterocycles. The summed E-state index contributed by atoms with van der Waals surface area (Å²) in [6.07, 6.45) is 5.88. The minimum atomic E-state index is -3.28. The molecule has 0 bridgehead atoms. The number of thiazole rings is 1. The Balaban J connectivity index is 1.49. The van der Waals surface area contributed by atoms with Gasteiger partial charge in [-0.05, 0) is 67.1 Å². The first kappa shape index (κ1) is 18.8. The highest BCUT2D eigenvalue weighted by Gasteiger charge is 2.14. The number of hydrogen-bond acceptors (Lipinski definition) is 5. The van der Waals surface area contributed by atoms with Crippen LogP contribution in [0.4, 0.5) is 5.13 Å². The van der Waals surface area contributed by atoms with Gasteiger partial charge in [0, 0.05) is 22.8 Å². The Bertz CT molecular complexity index is 1130. The number of hydrogen-bond donors (Lipinski definition) is 1. The molecule has 1 aliphatic rings. The van der Waals surface area contributed by atoms with E-state index in [2.05, 4.69) is 28.5 Å². The molecule has 0 aliphatic heterocycles. The zero-order valence-electron chi connectivity index (χ0n) is 15.4. The van der Waals surface area contributed by atoms with Crippen LogP contribution >= 0.6 is 11.3 Å². The van der Waals surface area contributed by atoms with E-state index in [0.717, 1.165) is 30.4 Å². The summed E-state index contributed by atoms with van der Waals surface area (Å²) in [6, 6.07) is 12.4. The van der Waals surface area contributed by atoms with Crippen LogP contribution in [0.15, 0.2) is 52.7 Å². The monoisotopic (exact) mass is 412 g/mol. The largest absolute Gasteiger partial charge is 0.298 e. The normalized spacial score (nSPS) is 13.8. The van der Waals surface area contributed by atoms with Gasteiger partial charge in [-0.2, -0.15) is 0 Å². The lowest BCUT2D eigenvalue weighted by atomic mass is 9.90. The van der Waals surface area contributed by atoms with Crippen LogP contribution in [-0.2, 0) is 22.7 Å². The van der Waals surface area contributed by atoms with Crippen LogP contribution in [0.3, 0.4) is 0 Å². The fraction of sp³-hybridized carbons (Fsp3) is 0.238. The van der Waals surface area contributed by atoms with Crippen molar-refractivity contribution in [2.24, 2.45) is 0 Å². The van der Waals surface area contributed by atoms with Crippen molar-refractivity contribution in [1.29, 1.82) is 0 Å². The van der Waals surface area contributed by atoms with Gasteiger partial charge in [-0.1, -0.05) is 12.1 Å². The summed E-state index contributed by atoms with van der Waals surface area (Å²) in [7, 11) is -3.28. The summed E-state index contributed by atoms with van der Waals surface area (Å²) in [6.45, 7) is 0. The van der Waals surface area contributed by atoms with Crippen LogP contribution in [0.5, 0.6) is 0 Å². The Morgan fingerprint density at radius 1 is 1.04 bits per heavy atom. The first-order valence-corrected chi connectivity index (χ1v) is 11.9. The number of anilines is 1. The molecule has 5 nitrogen and oxygen atoms in total. The molecule has 28 heavy (non-hydrogen) atoms. The number of carbonyl (C=O) groups is 1. The van der Waals surface area contributed by atoms with E-state index in [1.165, 1.54) is 59.6 Å². The third-order valence-corrected chi connectivity index (χ3v) is 6.80. The molecule has 1 aliphatic carbocycles. The minimum Gasteiger partial charge on any atom is -0.298 e. The van der Waals surface area contributed by atoms with Gasteiger partial charge >= 0.3 is 0 Å². The molecule has 0 atom stereocenters. The quantitative estimate of drug-likeness (QED) is 0.691. The number of nitrogens with one attached hydrogen (secondary N) is 1. The van der Waals surface area contributed by atoms with Gasteiger partial charge < -0.3 is 0 Å². The average molecular weight is 413 g/mol. The molecule has 0 saturated carbocycles. The van der Waals surface area contributed by atoms with E-state index in [4.69, 9.17) is 0 Å². The van der Waals surface area contributed by atoms with E-state index in [1.54, 1.807) is 0 Å². The van der Waals surface area contributed by atoms with Gasteiger partial charge in [0.25, 0.3) is 5.91 Å². The van der Waals surface area contributed by atoms with E-state index < -0.39 is 9.84 Å². The fourth-order valence-electron chi connectivity index (χ4n) is 3.38. The molecule has 1 heterocycles. The second kappa shape index (κ2) is 7.48. The lowest BCUT2D eigenvalue weighted by Gasteiger charge is -2.16. The van der Waals surface area contributed by atoms with Crippen molar-refractivity contribution in [3.63, 3.8) is 0 Å². The van der Waals surface area contributed by atoms with Crippen LogP contribution in [0, 0.1) is 0 Å². The average Bonchev–Trinajstić information content (AvgIpc) is 3.15. The van der Waals surface area contributed by atoms with E-state index in [9.17, 15) is 13.2 Å². The standard InChI is InChI=1S/C21H20N2O3S2/c1-28(25,26)18-10-8-15(9-11-18)20(24)23-21-22-19(13-27-21)17-7-6-14-4-2-3-5-16(14)12-17/h6-13H,2-5H2,1H3,(H,22,23,24). The number of benzene rings is 2. The van der Waals surface area contributed by atoms with Gasteiger partial charge in [0.1, 0.15) is 0 Å². The maximum Gasteiger partial charge on any atom is 0.257 e. The first-order valence-electron chi connectivity index (χ1n) is 9.09. The number of aromatic nitrogens is 1. The second-order valence-electron chi connectivity index (χ2n) is 6.98. The summed E-state index contributed by atoms with van der Waals surface area (Å²) in [5, 5.41) is 5.24. The van der Waals surface area contributed by atoms with Crippen molar-refractivity contribution in [3.8, 4) is 11.3 Å². The van der Waals surface area contributed by atoms with Crippen LogP contribution in [0.1, 0.15) is 34.3 Å². The highest BCUT2D eigenvalue weighted by atomic mass is 32.2. The molecule has 0 fully saturated rings. The summed E-state index contributed by atoms with van der Waals surface area (Å²) in [4.78, 5) is 17.1. The smallest absolute Gasteiger partial charge is 0.257 e. The third kappa shape index (κ3) is 4.00. The SMILES string of the molecule is CS(=O)(=O)c1ccc(C(=O)Nc2nc(-c3ccc4c(c3)CCCC4)cs2)cc1. The Labute approximate surface area is 168 Å². The number of amides is 1. The van der Waals surface area contributed by atoms with Crippen molar-refractivity contribution in [1.82, 2.24) is 4.98 Å². The molecule has 0 unspecified atom stereocenters. The Kier molecular flexibility index (Phi) is 5.03. The molecule has 1 N–H and O–H groups in total. The number of fused-ring (bicyclic) bond motifs is 1.